The van der Waals surface area contributed by atoms with Crippen LogP contribution in [0.1, 0.15) is 31.9 Å². The van der Waals surface area contributed by atoms with E-state index >= 15 is 0 Å². The van der Waals surface area contributed by atoms with Gasteiger partial charge in [-0.3, -0.25) is 9.58 Å². The average Bonchev–Trinajstić information content (AvgIpc) is 3.41. The molecule has 1 aliphatic heterocycles. The lowest BCUT2D eigenvalue weighted by molar-refractivity contribution is 0.00704. The topological polar surface area (TPSA) is 102 Å². The Morgan fingerprint density at radius 1 is 0.894 bits per heavy atom. The Morgan fingerprint density at radius 3 is 2.23 bits per heavy atom. The zero-order valence-electron chi connectivity index (χ0n) is 27.3. The Bertz CT molecular complexity index is 1820. The minimum Gasteiger partial charge on any atom is -0.473 e. The van der Waals surface area contributed by atoms with Gasteiger partial charge in [0, 0.05) is 43.8 Å². The molecule has 2 aromatic heterocycles. The number of carbonyl (C=O) groups is 1. The fourth-order valence-corrected chi connectivity index (χ4v) is 5.70. The zero-order valence-corrected chi connectivity index (χ0v) is 27.3. The van der Waals surface area contributed by atoms with E-state index in [0.717, 1.165) is 39.0 Å². The first-order valence-corrected chi connectivity index (χ1v) is 15.9. The smallest absolute Gasteiger partial charge is 0.410 e. The summed E-state index contributed by atoms with van der Waals surface area (Å²) in [6.07, 6.45) is -0.404. The fraction of sp³-hybridized carbons (Fsp3) is 0.324. The van der Waals surface area contributed by atoms with E-state index in [0.29, 0.717) is 44.6 Å². The third-order valence-electron chi connectivity index (χ3n) is 8.06. The number of benzene rings is 3. The number of hydrogen-bond donors (Lipinski definition) is 1. The Kier molecular flexibility index (Phi) is 9.31. The number of aliphatic hydroxyl groups excluding tert-OH is 1. The van der Waals surface area contributed by atoms with Crippen LogP contribution in [0.4, 0.5) is 10.5 Å². The van der Waals surface area contributed by atoms with Crippen molar-refractivity contribution in [1.29, 1.82) is 0 Å². The Hall–Kier alpha value is -5.09. The summed E-state index contributed by atoms with van der Waals surface area (Å²) in [5.41, 5.74) is 4.91. The Balaban J connectivity index is 1.27. The van der Waals surface area contributed by atoms with Crippen LogP contribution in [0.2, 0.25) is 0 Å². The van der Waals surface area contributed by atoms with Gasteiger partial charge in [-0.1, -0.05) is 60.7 Å². The molecule has 1 fully saturated rings. The van der Waals surface area contributed by atoms with Gasteiger partial charge >= 0.3 is 6.09 Å². The van der Waals surface area contributed by atoms with Crippen molar-refractivity contribution < 1.29 is 24.1 Å². The fourth-order valence-electron chi connectivity index (χ4n) is 5.70. The van der Waals surface area contributed by atoms with Crippen LogP contribution in [0, 0.1) is 0 Å². The van der Waals surface area contributed by atoms with Gasteiger partial charge in [0.05, 0.1) is 23.7 Å². The lowest BCUT2D eigenvalue weighted by Crippen LogP contribution is -2.57. The summed E-state index contributed by atoms with van der Waals surface area (Å²) in [6, 6.07) is 29.6. The highest BCUT2D eigenvalue weighted by atomic mass is 16.6. The van der Waals surface area contributed by atoms with Gasteiger partial charge in [0.25, 0.3) is 0 Å². The number of aryl methyl sites for hydroxylation is 1. The highest BCUT2D eigenvalue weighted by molar-refractivity contribution is 5.96. The van der Waals surface area contributed by atoms with Crippen molar-refractivity contribution in [2.24, 2.45) is 7.05 Å². The molecule has 6 rings (SSSR count). The molecule has 1 atom stereocenters. The summed E-state index contributed by atoms with van der Waals surface area (Å²) in [5, 5.41) is 16.0. The number of nitrogens with zero attached hydrogens (tertiary/aromatic N) is 5. The number of hydrogen-bond acceptors (Lipinski definition) is 8. The van der Waals surface area contributed by atoms with E-state index < -0.39 is 11.7 Å². The van der Waals surface area contributed by atoms with E-state index in [4.69, 9.17) is 24.3 Å². The van der Waals surface area contributed by atoms with Gasteiger partial charge in [-0.2, -0.15) is 10.1 Å². The van der Waals surface area contributed by atoms with Crippen LogP contribution in [0.5, 0.6) is 11.8 Å². The molecular weight excluding hydrogens is 594 g/mol. The molecule has 47 heavy (non-hydrogen) atoms. The maximum Gasteiger partial charge on any atom is 0.410 e. The van der Waals surface area contributed by atoms with Crippen LogP contribution in [0.3, 0.4) is 0 Å². The number of anilines is 1. The van der Waals surface area contributed by atoms with E-state index in [1.807, 2.05) is 105 Å². The number of piperazine rings is 1. The van der Waals surface area contributed by atoms with Gasteiger partial charge in [-0.05, 0) is 56.2 Å². The first kappa shape index (κ1) is 31.9. The van der Waals surface area contributed by atoms with E-state index in [9.17, 15) is 9.90 Å². The SMILES string of the molecule is Cn1nc(-c2ccc(OCc3ccccc3)nc2OCc2ccccc2)c2ccc(N3CCN(C(=O)OC(C)(C)C)[C@H](CO)C3)cc21. The number of fused-ring (bicyclic) bond motifs is 1. The maximum absolute atomic E-state index is 12.8. The summed E-state index contributed by atoms with van der Waals surface area (Å²) < 4.78 is 19.8. The molecule has 1 saturated heterocycles. The van der Waals surface area contributed by atoms with Crippen LogP contribution in [0.25, 0.3) is 22.2 Å². The maximum atomic E-state index is 12.8. The molecule has 3 heterocycles. The number of aliphatic hydroxyl groups is 1. The molecule has 10 nitrogen and oxygen atoms in total. The van der Waals surface area contributed by atoms with Crippen molar-refractivity contribution >= 4 is 22.7 Å². The van der Waals surface area contributed by atoms with Crippen molar-refractivity contribution in [2.75, 3.05) is 31.1 Å². The minimum atomic E-state index is -0.603. The molecule has 1 aliphatic rings. The highest BCUT2D eigenvalue weighted by Crippen LogP contribution is 2.37. The summed E-state index contributed by atoms with van der Waals surface area (Å²) in [5.74, 6) is 0.902. The van der Waals surface area contributed by atoms with Crippen molar-refractivity contribution in [2.45, 2.75) is 45.6 Å². The summed E-state index contributed by atoms with van der Waals surface area (Å²) in [7, 11) is 1.92. The number of pyridine rings is 1. The van der Waals surface area contributed by atoms with Gasteiger partial charge < -0.3 is 24.2 Å². The van der Waals surface area contributed by atoms with E-state index in [1.54, 1.807) is 4.90 Å². The standard InChI is InChI=1S/C37H41N5O5/c1-37(2,3)47-36(44)42-20-19-41(22-29(42)23-43)28-15-16-30-32(21-28)40(4)39-34(30)31-17-18-33(45-24-26-11-7-5-8-12-26)38-35(31)46-25-27-13-9-6-10-14-27/h5-18,21,29,43H,19-20,22-25H2,1-4H3/t29-/m0/s1. The van der Waals surface area contributed by atoms with Crippen molar-refractivity contribution in [3.8, 4) is 23.0 Å². The first-order chi connectivity index (χ1) is 22.7. The lowest BCUT2D eigenvalue weighted by Gasteiger charge is -2.42. The summed E-state index contributed by atoms with van der Waals surface area (Å²) >= 11 is 0. The zero-order chi connectivity index (χ0) is 33.0. The van der Waals surface area contributed by atoms with Gasteiger partial charge in [0.15, 0.2) is 0 Å². The number of amides is 1. The summed E-state index contributed by atoms with van der Waals surface area (Å²) in [6.45, 7) is 7.65. The second-order valence-corrected chi connectivity index (χ2v) is 12.7. The van der Waals surface area contributed by atoms with Crippen LogP contribution in [-0.4, -0.2) is 68.7 Å². The Morgan fingerprint density at radius 2 is 1.57 bits per heavy atom. The molecule has 10 heteroatoms. The molecule has 1 amide bonds. The second-order valence-electron chi connectivity index (χ2n) is 12.7. The van der Waals surface area contributed by atoms with Crippen molar-refractivity contribution in [3.63, 3.8) is 0 Å². The summed E-state index contributed by atoms with van der Waals surface area (Å²) in [4.78, 5) is 21.4. The predicted octanol–water partition coefficient (Wildman–Crippen LogP) is 6.21. The quantitative estimate of drug-likeness (QED) is 0.204. The van der Waals surface area contributed by atoms with Gasteiger partial charge in [-0.25, -0.2) is 4.79 Å². The van der Waals surface area contributed by atoms with E-state index in [1.165, 1.54) is 0 Å². The molecule has 3 aromatic carbocycles. The molecule has 0 unspecified atom stereocenters. The van der Waals surface area contributed by atoms with Gasteiger partial charge in [-0.15, -0.1) is 0 Å². The normalized spacial score (nSPS) is 15.1. The van der Waals surface area contributed by atoms with E-state index in [-0.39, 0.29) is 12.6 Å². The predicted molar refractivity (Wildman–Crippen MR) is 182 cm³/mol. The number of carbonyl (C=O) groups excluding carboxylic acids is 1. The lowest BCUT2D eigenvalue weighted by atomic mass is 10.1. The van der Waals surface area contributed by atoms with Crippen LogP contribution in [0.15, 0.2) is 91.0 Å². The largest absolute Gasteiger partial charge is 0.473 e. The monoisotopic (exact) mass is 635 g/mol. The first-order valence-electron chi connectivity index (χ1n) is 15.9. The van der Waals surface area contributed by atoms with Crippen LogP contribution >= 0.6 is 0 Å². The molecule has 0 radical (unpaired) electrons. The minimum absolute atomic E-state index is 0.155. The molecule has 0 saturated carbocycles. The average molecular weight is 636 g/mol. The van der Waals surface area contributed by atoms with Crippen LogP contribution in [-0.2, 0) is 25.0 Å². The molecule has 0 bridgehead atoms. The highest BCUT2D eigenvalue weighted by Gasteiger charge is 2.33. The second kappa shape index (κ2) is 13.7. The molecule has 244 valence electrons. The van der Waals surface area contributed by atoms with Crippen molar-refractivity contribution in [1.82, 2.24) is 19.7 Å². The Labute approximate surface area is 275 Å². The number of rotatable bonds is 9. The van der Waals surface area contributed by atoms with Gasteiger partial charge in [0.2, 0.25) is 11.8 Å². The van der Waals surface area contributed by atoms with Crippen molar-refractivity contribution in [3.05, 3.63) is 102 Å². The van der Waals surface area contributed by atoms with Gasteiger partial charge in [0.1, 0.15) is 24.5 Å². The molecular formula is C37H41N5O5. The van der Waals surface area contributed by atoms with Crippen LogP contribution < -0.4 is 14.4 Å². The molecule has 0 aliphatic carbocycles. The molecule has 0 spiro atoms. The van der Waals surface area contributed by atoms with E-state index in [2.05, 4.69) is 23.1 Å². The third kappa shape index (κ3) is 7.49. The third-order valence-corrected chi connectivity index (χ3v) is 8.06. The molecule has 1 N–H and O–H groups in total. The number of aromatic nitrogens is 3. The molecule has 5 aromatic rings. The number of ether oxygens (including phenoxy) is 3.